The summed E-state index contributed by atoms with van der Waals surface area (Å²) >= 11 is 6.23. The largest absolute Gasteiger partial charge is 0.481 e. The smallest absolute Gasteiger partial charge is 0.309 e. The minimum atomic E-state index is -1.17. The van der Waals surface area contributed by atoms with Crippen LogP contribution in [-0.4, -0.2) is 39.1 Å². The molecule has 5 aliphatic carbocycles. The van der Waals surface area contributed by atoms with Gasteiger partial charge in [-0.25, -0.2) is 0 Å². The van der Waals surface area contributed by atoms with Crippen molar-refractivity contribution in [1.82, 2.24) is 10.2 Å². The van der Waals surface area contributed by atoms with Gasteiger partial charge in [0.1, 0.15) is 6.10 Å². The number of aliphatic carboxylic acids is 1. The summed E-state index contributed by atoms with van der Waals surface area (Å²) in [6, 6.07) is 8.10. The van der Waals surface area contributed by atoms with Crippen LogP contribution in [0.1, 0.15) is 170 Å². The number of nitrogens with zero attached hydrogens (tertiary/aromatic N) is 2. The molecule has 0 aliphatic heterocycles. The second-order valence-corrected chi connectivity index (χ2v) is 21.7. The molecule has 1 heterocycles. The van der Waals surface area contributed by atoms with Gasteiger partial charge in [0.25, 0.3) is 0 Å². The molecule has 0 spiro atoms. The topological polar surface area (TPSA) is 120 Å². The van der Waals surface area contributed by atoms with Crippen LogP contribution in [0.2, 0.25) is 5.02 Å². The molecular formula is C48H67ClN2O6. The second kappa shape index (κ2) is 14.6. The number of benzene rings is 1. The number of halogens is 1. The Kier molecular flexibility index (Phi) is 10.8. The van der Waals surface area contributed by atoms with Gasteiger partial charge in [0.2, 0.25) is 11.8 Å². The molecule has 1 aromatic carbocycles. The maximum atomic E-state index is 14.3. The highest BCUT2D eigenvalue weighted by Gasteiger charge is 2.71. The monoisotopic (exact) mass is 802 g/mol. The van der Waals surface area contributed by atoms with Crippen molar-refractivity contribution in [1.29, 1.82) is 0 Å². The Labute approximate surface area is 345 Å². The molecule has 1 N–H and O–H groups in total. The van der Waals surface area contributed by atoms with Crippen LogP contribution in [0.15, 0.2) is 39.8 Å². The first-order valence-electron chi connectivity index (χ1n) is 21.9. The zero-order chi connectivity index (χ0) is 41.5. The van der Waals surface area contributed by atoms with Crippen molar-refractivity contribution in [3.05, 3.63) is 57.8 Å². The molecule has 0 bridgehead atoms. The predicted molar refractivity (Wildman–Crippen MR) is 222 cm³/mol. The Hall–Kier alpha value is -3.00. The summed E-state index contributed by atoms with van der Waals surface area (Å²) in [6.45, 7) is 21.9. The quantitative estimate of drug-likeness (QED) is 0.223. The number of esters is 1. The Balaban J connectivity index is 1.18. The van der Waals surface area contributed by atoms with Crippen molar-refractivity contribution in [3.63, 3.8) is 0 Å². The van der Waals surface area contributed by atoms with E-state index in [0.717, 1.165) is 74.8 Å². The zero-order valence-electron chi connectivity index (χ0n) is 36.2. The number of carboxylic acids is 1. The van der Waals surface area contributed by atoms with Crippen molar-refractivity contribution in [3.8, 4) is 0 Å². The number of hydrogen-bond acceptors (Lipinski definition) is 7. The van der Waals surface area contributed by atoms with Gasteiger partial charge < -0.3 is 14.3 Å². The van der Waals surface area contributed by atoms with Crippen molar-refractivity contribution < 1.29 is 28.6 Å². The Morgan fingerprint density at radius 1 is 0.947 bits per heavy atom. The summed E-state index contributed by atoms with van der Waals surface area (Å²) in [6.07, 6.45) is 10.6. The third-order valence-electron chi connectivity index (χ3n) is 17.1. The predicted octanol–water partition coefficient (Wildman–Crippen LogP) is 11.5. The lowest BCUT2D eigenvalue weighted by atomic mass is 9.33. The Morgan fingerprint density at radius 2 is 1.65 bits per heavy atom. The van der Waals surface area contributed by atoms with Crippen LogP contribution >= 0.6 is 11.6 Å². The highest BCUT2D eigenvalue weighted by Crippen LogP contribution is 2.76. The number of fused-ring (bicyclic) bond motifs is 7. The van der Waals surface area contributed by atoms with Gasteiger partial charge in [-0.2, -0.15) is 0 Å². The minimum absolute atomic E-state index is 0.0208. The summed E-state index contributed by atoms with van der Waals surface area (Å²) < 4.78 is 13.0. The van der Waals surface area contributed by atoms with Gasteiger partial charge in [-0.3, -0.25) is 14.4 Å². The third-order valence-corrected chi connectivity index (χ3v) is 17.3. The van der Waals surface area contributed by atoms with Crippen LogP contribution in [0.5, 0.6) is 0 Å². The molecule has 8 nitrogen and oxygen atoms in total. The molecule has 5 aliphatic rings. The second-order valence-electron chi connectivity index (χ2n) is 21.2. The Bertz CT molecular complexity index is 1930. The summed E-state index contributed by atoms with van der Waals surface area (Å²) in [7, 11) is 0. The van der Waals surface area contributed by atoms with Crippen molar-refractivity contribution in [2.75, 3.05) is 0 Å². The molecule has 0 radical (unpaired) electrons. The minimum Gasteiger partial charge on any atom is -0.481 e. The number of ketones is 1. The number of rotatable bonds is 11. The van der Waals surface area contributed by atoms with Crippen LogP contribution in [-0.2, 0) is 31.0 Å². The van der Waals surface area contributed by atoms with Gasteiger partial charge in [0, 0.05) is 23.3 Å². The molecule has 57 heavy (non-hydrogen) atoms. The fourth-order valence-corrected chi connectivity index (χ4v) is 14.0. The van der Waals surface area contributed by atoms with Crippen LogP contribution < -0.4 is 0 Å². The molecule has 9 heteroatoms. The van der Waals surface area contributed by atoms with Gasteiger partial charge in [0.05, 0.1) is 17.3 Å². The number of hydrogen-bond donors (Lipinski definition) is 1. The average Bonchev–Trinajstić information content (AvgIpc) is 3.72. The highest BCUT2D eigenvalue weighted by molar-refractivity contribution is 6.30. The number of carbonyl (C=O) groups is 3. The van der Waals surface area contributed by atoms with E-state index in [1.165, 1.54) is 11.1 Å². The molecule has 0 saturated heterocycles. The van der Waals surface area contributed by atoms with E-state index in [4.69, 9.17) is 25.9 Å². The molecule has 9 atom stereocenters. The van der Waals surface area contributed by atoms with Gasteiger partial charge >= 0.3 is 11.9 Å². The lowest BCUT2D eigenvalue weighted by molar-refractivity contribution is -0.232. The molecular weight excluding hydrogens is 736 g/mol. The van der Waals surface area contributed by atoms with Crippen molar-refractivity contribution in [2.24, 2.45) is 50.7 Å². The number of carboxylic acid groups (broad SMARTS) is 1. The van der Waals surface area contributed by atoms with Crippen LogP contribution in [0.3, 0.4) is 0 Å². The first kappa shape index (κ1) is 42.1. The zero-order valence-corrected chi connectivity index (χ0v) is 37.0. The van der Waals surface area contributed by atoms with Crippen molar-refractivity contribution >= 4 is 29.3 Å². The number of aromatic nitrogens is 2. The van der Waals surface area contributed by atoms with E-state index < -0.39 is 22.8 Å². The van der Waals surface area contributed by atoms with E-state index in [9.17, 15) is 19.5 Å². The molecule has 0 amide bonds. The van der Waals surface area contributed by atoms with Gasteiger partial charge in [-0.15, -0.1) is 10.2 Å². The molecule has 4 fully saturated rings. The normalized spacial score (nSPS) is 35.3. The SMILES string of the molecule is CCCC(Cc1nnc([C@@]23CC[C@]4(C)[C@H](CC[C@@H]5[C@@]6(C)CC[C@H](OC(=O)CC(C)(C)C(=O)O)C(C)(C)[C@@H]6CC[C@]54C)C2=C(C(C)C)C(=O)C3)o1)c1ccc(Cl)cc1. The molecule has 7 rings (SSSR count). The number of allylic oxidation sites excluding steroid dienone is 2. The van der Waals surface area contributed by atoms with Crippen molar-refractivity contribution in [2.45, 2.75) is 170 Å². The van der Waals surface area contributed by atoms with Crippen LogP contribution in [0, 0.1) is 50.7 Å². The summed E-state index contributed by atoms with van der Waals surface area (Å²) in [5, 5.41) is 19.9. The third kappa shape index (κ3) is 6.65. The van der Waals surface area contributed by atoms with Gasteiger partial charge in [-0.1, -0.05) is 85.5 Å². The fraction of sp³-hybridized carbons (Fsp3) is 0.729. The van der Waals surface area contributed by atoms with Crippen LogP contribution in [0.25, 0.3) is 0 Å². The molecule has 4 saturated carbocycles. The van der Waals surface area contributed by atoms with E-state index in [1.807, 2.05) is 12.1 Å². The summed E-state index contributed by atoms with van der Waals surface area (Å²) in [5.74, 6) is 1.56. The standard InChI is InChI=1S/C48H67ClN2O6/c1-11-12-30(29-13-15-31(49)16-14-29)25-37-50-51-41(57-37)48-24-23-46(9)32(40(48)39(28(2)3)33(52)26-48)17-18-35-45(8)21-20-36(56-38(53)27-43(4,5)42(54)55)44(6,7)34(45)19-22-47(35,46)10/h13-16,28,30,32,34-36H,11-12,17-27H2,1-10H3,(H,54,55)/t30?,32-,34+,35-,36+,45+,46-,47-,48-/m1/s1. The average molecular weight is 804 g/mol. The molecule has 312 valence electrons. The number of Topliss-reactive ketones (excluding diaryl/α,β-unsaturated/α-hetero) is 1. The van der Waals surface area contributed by atoms with E-state index in [-0.39, 0.29) is 57.7 Å². The molecule has 2 aromatic rings. The Morgan fingerprint density at radius 3 is 2.30 bits per heavy atom. The van der Waals surface area contributed by atoms with E-state index in [0.29, 0.717) is 36.5 Å². The molecule has 1 aromatic heterocycles. The number of ether oxygens (including phenoxy) is 1. The summed E-state index contributed by atoms with van der Waals surface area (Å²) in [4.78, 5) is 39.2. The molecule has 1 unspecified atom stereocenters. The van der Waals surface area contributed by atoms with E-state index in [1.54, 1.807) is 13.8 Å². The lowest BCUT2D eigenvalue weighted by Crippen LogP contribution is -2.66. The van der Waals surface area contributed by atoms with E-state index in [2.05, 4.69) is 72.6 Å². The van der Waals surface area contributed by atoms with Gasteiger partial charge in [0.15, 0.2) is 5.78 Å². The highest BCUT2D eigenvalue weighted by atomic mass is 35.5. The van der Waals surface area contributed by atoms with Gasteiger partial charge in [-0.05, 0) is 146 Å². The number of carbonyl (C=O) groups excluding carboxylic acids is 2. The summed E-state index contributed by atoms with van der Waals surface area (Å²) in [5.41, 5.74) is 1.64. The lowest BCUT2D eigenvalue weighted by Gasteiger charge is -2.72. The first-order chi connectivity index (χ1) is 26.6. The first-order valence-corrected chi connectivity index (χ1v) is 22.3. The van der Waals surface area contributed by atoms with E-state index >= 15 is 0 Å². The fourth-order valence-electron chi connectivity index (χ4n) is 13.9. The van der Waals surface area contributed by atoms with Crippen LogP contribution in [0.4, 0.5) is 0 Å². The maximum absolute atomic E-state index is 14.3. The maximum Gasteiger partial charge on any atom is 0.309 e.